The van der Waals surface area contributed by atoms with Crippen molar-refractivity contribution in [2.75, 3.05) is 44.7 Å². The minimum absolute atomic E-state index is 0.0206. The number of nitrogens with zero attached hydrogens (tertiary/aromatic N) is 6. The minimum atomic E-state index is -0.276. The summed E-state index contributed by atoms with van der Waals surface area (Å²) in [4.78, 5) is 38.7. The molecule has 2 aromatic rings. The molecule has 0 radical (unpaired) electrons. The number of carbonyl (C=O) groups excluding carboxylic acids is 2. The van der Waals surface area contributed by atoms with Crippen LogP contribution in [0.1, 0.15) is 18.5 Å². The van der Waals surface area contributed by atoms with Crippen LogP contribution >= 0.6 is 0 Å². The lowest BCUT2D eigenvalue weighted by molar-refractivity contribution is -0.134. The Balaban J connectivity index is 1.34. The summed E-state index contributed by atoms with van der Waals surface area (Å²) in [6, 6.07) is 9.04. The van der Waals surface area contributed by atoms with Crippen molar-refractivity contribution >= 4 is 17.6 Å². The third-order valence-electron chi connectivity index (χ3n) is 5.58. The van der Waals surface area contributed by atoms with E-state index < -0.39 is 0 Å². The zero-order valence-electron chi connectivity index (χ0n) is 17.8. The first kappa shape index (κ1) is 21.4. The van der Waals surface area contributed by atoms with Crippen molar-refractivity contribution in [1.82, 2.24) is 19.8 Å². The largest absolute Gasteiger partial charge is 0.497 e. The van der Waals surface area contributed by atoms with Crippen LogP contribution in [0.4, 0.5) is 10.5 Å². The van der Waals surface area contributed by atoms with Crippen molar-refractivity contribution in [3.63, 3.8) is 0 Å². The molecule has 10 heteroatoms. The molecule has 166 valence electrons. The van der Waals surface area contributed by atoms with Gasteiger partial charge in [-0.15, -0.1) is 0 Å². The number of carbonyl (C=O) groups is 2. The van der Waals surface area contributed by atoms with E-state index in [1.807, 2.05) is 18.2 Å². The highest BCUT2D eigenvalue weighted by atomic mass is 16.5. The number of nitriles is 1. The highest BCUT2D eigenvalue weighted by molar-refractivity contribution is 5.96. The number of piperidine rings is 1. The van der Waals surface area contributed by atoms with Gasteiger partial charge < -0.3 is 19.3 Å². The lowest BCUT2D eigenvalue weighted by Crippen LogP contribution is -2.48. The first-order chi connectivity index (χ1) is 15.6. The van der Waals surface area contributed by atoms with E-state index in [1.54, 1.807) is 33.9 Å². The van der Waals surface area contributed by atoms with Gasteiger partial charge in [0.2, 0.25) is 11.6 Å². The molecule has 0 N–H and O–H groups in total. The third kappa shape index (κ3) is 4.56. The van der Waals surface area contributed by atoms with Gasteiger partial charge in [0.15, 0.2) is 0 Å². The van der Waals surface area contributed by atoms with Gasteiger partial charge in [0.1, 0.15) is 24.5 Å². The molecule has 0 saturated carbocycles. The van der Waals surface area contributed by atoms with Crippen LogP contribution in [0.3, 0.4) is 0 Å². The maximum Gasteiger partial charge on any atom is 0.325 e. The van der Waals surface area contributed by atoms with Gasteiger partial charge in [0.25, 0.3) is 5.88 Å². The van der Waals surface area contributed by atoms with E-state index in [-0.39, 0.29) is 36.2 Å². The van der Waals surface area contributed by atoms with Crippen LogP contribution in [0.2, 0.25) is 0 Å². The SMILES string of the molecule is COc1ccc(N2CCN(CC(=O)N3CCCC(Oc4nccnc4C#N)C3)C2=O)cc1. The summed E-state index contributed by atoms with van der Waals surface area (Å²) in [5.41, 5.74) is 0.895. The molecule has 1 aromatic carbocycles. The van der Waals surface area contributed by atoms with Gasteiger partial charge in [-0.25, -0.2) is 14.8 Å². The predicted octanol–water partition coefficient (Wildman–Crippen LogP) is 1.67. The van der Waals surface area contributed by atoms with Crippen molar-refractivity contribution in [1.29, 1.82) is 5.26 Å². The van der Waals surface area contributed by atoms with E-state index in [4.69, 9.17) is 14.7 Å². The maximum absolute atomic E-state index is 12.9. The number of methoxy groups -OCH3 is 1. The number of likely N-dealkylation sites (tertiary alicyclic amines) is 1. The molecule has 0 aliphatic carbocycles. The molecule has 0 spiro atoms. The third-order valence-corrected chi connectivity index (χ3v) is 5.58. The number of benzene rings is 1. The van der Waals surface area contributed by atoms with Crippen LogP contribution in [0, 0.1) is 11.3 Å². The number of ether oxygens (including phenoxy) is 2. The molecule has 32 heavy (non-hydrogen) atoms. The van der Waals surface area contributed by atoms with E-state index >= 15 is 0 Å². The topological polar surface area (TPSA) is 112 Å². The fraction of sp³-hybridized carbons (Fsp3) is 0.409. The average molecular weight is 436 g/mol. The van der Waals surface area contributed by atoms with Crippen LogP contribution in [0.15, 0.2) is 36.7 Å². The molecule has 2 saturated heterocycles. The van der Waals surface area contributed by atoms with Crippen LogP contribution in [-0.4, -0.2) is 77.6 Å². The van der Waals surface area contributed by atoms with E-state index in [0.29, 0.717) is 26.2 Å². The Morgan fingerprint density at radius 2 is 1.97 bits per heavy atom. The van der Waals surface area contributed by atoms with E-state index in [9.17, 15) is 9.59 Å². The summed E-state index contributed by atoms with van der Waals surface area (Å²) in [6.07, 6.45) is 4.14. The number of urea groups is 1. The molecule has 1 atom stereocenters. The first-order valence-electron chi connectivity index (χ1n) is 10.4. The van der Waals surface area contributed by atoms with Crippen LogP contribution < -0.4 is 14.4 Å². The Hall–Kier alpha value is -3.87. The zero-order chi connectivity index (χ0) is 22.5. The molecule has 3 amide bonds. The van der Waals surface area contributed by atoms with Crippen molar-refractivity contribution in [2.24, 2.45) is 0 Å². The summed E-state index contributed by atoms with van der Waals surface area (Å²) in [7, 11) is 1.59. The second-order valence-electron chi connectivity index (χ2n) is 7.60. The summed E-state index contributed by atoms with van der Waals surface area (Å²) in [5.74, 6) is 0.778. The van der Waals surface area contributed by atoms with E-state index in [2.05, 4.69) is 9.97 Å². The number of rotatable bonds is 6. The highest BCUT2D eigenvalue weighted by Gasteiger charge is 2.33. The van der Waals surface area contributed by atoms with Gasteiger partial charge in [0, 0.05) is 37.7 Å². The van der Waals surface area contributed by atoms with Crippen LogP contribution in [-0.2, 0) is 4.79 Å². The molecule has 4 rings (SSSR count). The lowest BCUT2D eigenvalue weighted by atomic mass is 10.1. The monoisotopic (exact) mass is 436 g/mol. The molecule has 0 bridgehead atoms. The van der Waals surface area contributed by atoms with E-state index in [1.165, 1.54) is 12.4 Å². The Bertz CT molecular complexity index is 1020. The summed E-state index contributed by atoms with van der Waals surface area (Å²) in [6.45, 7) is 2.01. The second kappa shape index (κ2) is 9.51. The van der Waals surface area contributed by atoms with Gasteiger partial charge in [-0.2, -0.15) is 5.26 Å². The Labute approximate surface area is 186 Å². The van der Waals surface area contributed by atoms with Crippen molar-refractivity contribution in [2.45, 2.75) is 18.9 Å². The molecule has 2 fully saturated rings. The molecular weight excluding hydrogens is 412 g/mol. The average Bonchev–Trinajstić information content (AvgIpc) is 3.19. The van der Waals surface area contributed by atoms with Gasteiger partial charge in [-0.3, -0.25) is 9.69 Å². The molecule has 3 heterocycles. The summed E-state index contributed by atoms with van der Waals surface area (Å²) < 4.78 is 11.0. The van der Waals surface area contributed by atoms with Crippen molar-refractivity contribution < 1.29 is 19.1 Å². The van der Waals surface area contributed by atoms with Gasteiger partial charge in [-0.1, -0.05) is 0 Å². The smallest absolute Gasteiger partial charge is 0.325 e. The number of amides is 3. The standard InChI is InChI=1S/C22H24N6O4/c1-31-17-6-4-16(5-7-17)28-12-11-27(22(28)30)15-20(29)26-10-2-3-18(14-26)32-21-19(13-23)24-8-9-25-21/h4-9,18H,2-3,10-12,14-15H2,1H3. The molecule has 10 nitrogen and oxygen atoms in total. The molecule has 1 aromatic heterocycles. The lowest BCUT2D eigenvalue weighted by Gasteiger charge is -2.33. The Morgan fingerprint density at radius 3 is 2.72 bits per heavy atom. The summed E-state index contributed by atoms with van der Waals surface area (Å²) >= 11 is 0. The van der Waals surface area contributed by atoms with E-state index in [0.717, 1.165) is 24.3 Å². The minimum Gasteiger partial charge on any atom is -0.497 e. The summed E-state index contributed by atoms with van der Waals surface area (Å²) in [5, 5.41) is 9.16. The van der Waals surface area contributed by atoms with Crippen LogP contribution in [0.5, 0.6) is 11.6 Å². The first-order valence-corrected chi connectivity index (χ1v) is 10.4. The number of hydrogen-bond acceptors (Lipinski definition) is 7. The van der Waals surface area contributed by atoms with Gasteiger partial charge in [0.05, 0.1) is 13.7 Å². The second-order valence-corrected chi connectivity index (χ2v) is 7.60. The normalized spacial score (nSPS) is 18.4. The van der Waals surface area contributed by atoms with Crippen LogP contribution in [0.25, 0.3) is 0 Å². The number of hydrogen-bond donors (Lipinski definition) is 0. The molecule has 1 unspecified atom stereocenters. The van der Waals surface area contributed by atoms with Gasteiger partial charge >= 0.3 is 6.03 Å². The Kier molecular flexibility index (Phi) is 6.35. The van der Waals surface area contributed by atoms with Crippen molar-refractivity contribution in [3.8, 4) is 17.7 Å². The molecule has 2 aliphatic heterocycles. The maximum atomic E-state index is 12.9. The van der Waals surface area contributed by atoms with Crippen molar-refractivity contribution in [3.05, 3.63) is 42.4 Å². The quantitative estimate of drug-likeness (QED) is 0.677. The molecule has 2 aliphatic rings. The highest BCUT2D eigenvalue weighted by Crippen LogP contribution is 2.24. The Morgan fingerprint density at radius 1 is 1.19 bits per heavy atom. The fourth-order valence-electron chi connectivity index (χ4n) is 3.90. The fourth-order valence-corrected chi connectivity index (χ4v) is 3.90. The van der Waals surface area contributed by atoms with Gasteiger partial charge in [-0.05, 0) is 37.1 Å². The zero-order valence-corrected chi connectivity index (χ0v) is 17.8. The number of aromatic nitrogens is 2. The predicted molar refractivity (Wildman–Crippen MR) is 114 cm³/mol. The number of anilines is 1. The molecular formula is C22H24N6O4.